The van der Waals surface area contributed by atoms with E-state index in [-0.39, 0.29) is 35.2 Å². The third-order valence-corrected chi connectivity index (χ3v) is 5.52. The first-order valence-corrected chi connectivity index (χ1v) is 10.0. The molecule has 2 aromatic rings. The van der Waals surface area contributed by atoms with Crippen molar-refractivity contribution in [3.8, 4) is 0 Å². The van der Waals surface area contributed by atoms with Crippen molar-refractivity contribution in [2.24, 2.45) is 5.92 Å². The summed E-state index contributed by atoms with van der Waals surface area (Å²) in [5, 5.41) is 5.50. The van der Waals surface area contributed by atoms with Gasteiger partial charge in [0.2, 0.25) is 17.8 Å². The molecule has 8 nitrogen and oxygen atoms in total. The molecule has 1 aromatic heterocycles. The van der Waals surface area contributed by atoms with Crippen LogP contribution in [0.1, 0.15) is 43.2 Å². The summed E-state index contributed by atoms with van der Waals surface area (Å²) in [4.78, 5) is 47.2. The zero-order valence-corrected chi connectivity index (χ0v) is 16.4. The number of rotatable bonds is 4. The van der Waals surface area contributed by atoms with Crippen molar-refractivity contribution < 1.29 is 9.59 Å². The smallest absolute Gasteiger partial charge is 0.258 e. The highest BCUT2D eigenvalue weighted by molar-refractivity contribution is 6.00. The Labute approximate surface area is 168 Å². The van der Waals surface area contributed by atoms with Gasteiger partial charge in [0.05, 0.1) is 11.5 Å². The van der Waals surface area contributed by atoms with Gasteiger partial charge >= 0.3 is 0 Å². The molecule has 2 aliphatic rings. The first-order chi connectivity index (χ1) is 14.0. The average molecular weight is 395 g/mol. The van der Waals surface area contributed by atoms with Crippen molar-refractivity contribution in [1.82, 2.24) is 15.3 Å². The molecular weight excluding hydrogens is 370 g/mol. The van der Waals surface area contributed by atoms with Gasteiger partial charge in [0.1, 0.15) is 5.82 Å². The highest BCUT2D eigenvalue weighted by Gasteiger charge is 2.35. The van der Waals surface area contributed by atoms with E-state index < -0.39 is 5.92 Å². The molecule has 2 atom stereocenters. The summed E-state index contributed by atoms with van der Waals surface area (Å²) >= 11 is 0. The molecule has 0 bridgehead atoms. The van der Waals surface area contributed by atoms with Crippen LogP contribution in [0.25, 0.3) is 0 Å². The molecule has 4 rings (SSSR count). The van der Waals surface area contributed by atoms with E-state index in [2.05, 4.69) is 27.5 Å². The van der Waals surface area contributed by atoms with E-state index in [1.807, 2.05) is 35.2 Å². The van der Waals surface area contributed by atoms with E-state index in [1.165, 1.54) is 0 Å². The normalized spacial score (nSPS) is 21.3. The van der Waals surface area contributed by atoms with Crippen LogP contribution < -0.4 is 21.1 Å². The van der Waals surface area contributed by atoms with Crippen LogP contribution in [-0.4, -0.2) is 34.9 Å². The minimum atomic E-state index is -0.854. The molecule has 0 saturated carbocycles. The number of hydrogen-bond acceptors (Lipinski definition) is 5. The molecule has 8 heteroatoms. The number of carbonyl (C=O) groups is 2. The molecular formula is C21H25N5O3. The molecule has 152 valence electrons. The quantitative estimate of drug-likeness (QED) is 0.731. The van der Waals surface area contributed by atoms with Crippen molar-refractivity contribution >= 4 is 23.6 Å². The van der Waals surface area contributed by atoms with Crippen molar-refractivity contribution in [3.05, 3.63) is 51.8 Å². The first kappa shape index (κ1) is 19.2. The largest absolute Gasteiger partial charge is 0.351 e. The Morgan fingerprint density at radius 1 is 1.28 bits per heavy atom. The van der Waals surface area contributed by atoms with Crippen LogP contribution >= 0.6 is 0 Å². The molecule has 0 aliphatic carbocycles. The molecule has 1 fully saturated rings. The summed E-state index contributed by atoms with van der Waals surface area (Å²) in [6.07, 6.45) is 2.10. The summed E-state index contributed by atoms with van der Waals surface area (Å²) in [6.45, 7) is 4.11. The van der Waals surface area contributed by atoms with Crippen LogP contribution in [0.2, 0.25) is 0 Å². The highest BCUT2D eigenvalue weighted by Crippen LogP contribution is 2.30. The molecule has 0 radical (unpaired) electrons. The predicted octanol–water partition coefficient (Wildman–Crippen LogP) is 1.75. The van der Waals surface area contributed by atoms with E-state index in [4.69, 9.17) is 0 Å². The Morgan fingerprint density at radius 2 is 2.07 bits per heavy atom. The Kier molecular flexibility index (Phi) is 5.33. The van der Waals surface area contributed by atoms with Gasteiger partial charge < -0.3 is 15.5 Å². The predicted molar refractivity (Wildman–Crippen MR) is 110 cm³/mol. The van der Waals surface area contributed by atoms with E-state index in [9.17, 15) is 14.4 Å². The lowest BCUT2D eigenvalue weighted by Gasteiger charge is -2.32. The maximum Gasteiger partial charge on any atom is 0.258 e. The number of benzene rings is 1. The second-order valence-electron chi connectivity index (χ2n) is 7.85. The number of amides is 2. The summed E-state index contributed by atoms with van der Waals surface area (Å²) in [7, 11) is 0. The van der Waals surface area contributed by atoms with Crippen LogP contribution in [0.3, 0.4) is 0 Å². The summed E-state index contributed by atoms with van der Waals surface area (Å²) in [5.74, 6) is -0.363. The first-order valence-electron chi connectivity index (χ1n) is 10.0. The van der Waals surface area contributed by atoms with Crippen molar-refractivity contribution in [3.63, 3.8) is 0 Å². The molecule has 2 aliphatic heterocycles. The van der Waals surface area contributed by atoms with Gasteiger partial charge in [-0.05, 0) is 24.3 Å². The van der Waals surface area contributed by atoms with Crippen LogP contribution in [0, 0.1) is 5.92 Å². The number of nitrogens with one attached hydrogen (secondary N) is 3. The number of piperidine rings is 1. The Bertz CT molecular complexity index is 972. The lowest BCUT2D eigenvalue weighted by Crippen LogP contribution is -2.41. The number of aromatic amines is 1. The highest BCUT2D eigenvalue weighted by atomic mass is 16.2. The Morgan fingerprint density at radius 3 is 2.83 bits per heavy atom. The van der Waals surface area contributed by atoms with Gasteiger partial charge in [0, 0.05) is 26.1 Å². The number of fused-ring (bicyclic) bond motifs is 1. The summed E-state index contributed by atoms with van der Waals surface area (Å²) < 4.78 is 0. The number of hydrogen-bond donors (Lipinski definition) is 3. The van der Waals surface area contributed by atoms with E-state index in [0.717, 1.165) is 31.5 Å². The lowest BCUT2D eigenvalue weighted by molar-refractivity contribution is -0.126. The number of carbonyl (C=O) groups excluding carboxylic acids is 2. The fraction of sp³-hybridized carbons (Fsp3) is 0.429. The average Bonchev–Trinajstić information content (AvgIpc) is 2.71. The van der Waals surface area contributed by atoms with E-state index in [0.29, 0.717) is 18.4 Å². The van der Waals surface area contributed by atoms with Gasteiger partial charge in [0.15, 0.2) is 0 Å². The summed E-state index contributed by atoms with van der Waals surface area (Å²) in [5.41, 5.74) is 0.801. The molecule has 1 saturated heterocycles. The molecule has 29 heavy (non-hydrogen) atoms. The third kappa shape index (κ3) is 4.16. The van der Waals surface area contributed by atoms with Gasteiger partial charge in [-0.2, -0.15) is 4.98 Å². The van der Waals surface area contributed by atoms with E-state index in [1.54, 1.807) is 0 Å². The van der Waals surface area contributed by atoms with Crippen molar-refractivity contribution in [2.75, 3.05) is 23.3 Å². The second-order valence-corrected chi connectivity index (χ2v) is 7.85. The standard InChI is InChI=1S/C21H25N5O3/c1-13-6-5-9-26(12-13)21-24-18-17(20(29)25-21)15(10-16(27)23-18)19(28)22-11-14-7-3-2-4-8-14/h2-4,7-8,13,15H,5-6,9-12H2,1H3,(H,22,28)(H2,23,24,25,27,29)/t13-,15-/m1/s1. The summed E-state index contributed by atoms with van der Waals surface area (Å²) in [6, 6.07) is 9.49. The monoisotopic (exact) mass is 395 g/mol. The second kappa shape index (κ2) is 8.06. The van der Waals surface area contributed by atoms with Crippen LogP contribution in [-0.2, 0) is 16.1 Å². The van der Waals surface area contributed by atoms with Crippen molar-refractivity contribution in [2.45, 2.75) is 38.6 Å². The fourth-order valence-corrected chi connectivity index (χ4v) is 4.02. The zero-order valence-electron chi connectivity index (χ0n) is 16.4. The molecule has 3 heterocycles. The van der Waals surface area contributed by atoms with Gasteiger partial charge in [-0.25, -0.2) is 0 Å². The SMILES string of the molecule is C[C@@H]1CCCN(c2nc3c(c(=O)[nH]2)[C@H](C(=O)NCc2ccccc2)CC(=O)N3)C1. The maximum atomic E-state index is 12.9. The van der Waals surface area contributed by atoms with Crippen LogP contribution in [0.4, 0.5) is 11.8 Å². The van der Waals surface area contributed by atoms with Gasteiger partial charge in [0.25, 0.3) is 5.56 Å². The van der Waals surface area contributed by atoms with Crippen LogP contribution in [0.15, 0.2) is 35.1 Å². The van der Waals surface area contributed by atoms with Crippen molar-refractivity contribution in [1.29, 1.82) is 0 Å². The molecule has 3 N–H and O–H groups in total. The molecule has 2 amide bonds. The number of H-pyrrole nitrogens is 1. The van der Waals surface area contributed by atoms with Gasteiger partial charge in [-0.1, -0.05) is 37.3 Å². The fourth-order valence-electron chi connectivity index (χ4n) is 4.02. The Balaban J connectivity index is 1.58. The van der Waals surface area contributed by atoms with Gasteiger partial charge in [-0.3, -0.25) is 19.4 Å². The van der Waals surface area contributed by atoms with Crippen LogP contribution in [0.5, 0.6) is 0 Å². The third-order valence-electron chi connectivity index (χ3n) is 5.52. The number of nitrogens with zero attached hydrogens (tertiary/aromatic N) is 2. The minimum absolute atomic E-state index is 0.0710. The molecule has 0 unspecified atom stereocenters. The van der Waals surface area contributed by atoms with Gasteiger partial charge in [-0.15, -0.1) is 0 Å². The molecule has 1 aromatic carbocycles. The lowest BCUT2D eigenvalue weighted by atomic mass is 9.92. The number of anilines is 2. The minimum Gasteiger partial charge on any atom is -0.351 e. The maximum absolute atomic E-state index is 12.9. The van der Waals surface area contributed by atoms with E-state index >= 15 is 0 Å². The Hall–Kier alpha value is -3.16. The number of aromatic nitrogens is 2. The topological polar surface area (TPSA) is 107 Å². The molecule has 0 spiro atoms. The zero-order chi connectivity index (χ0) is 20.4.